The van der Waals surface area contributed by atoms with Crippen LogP contribution in [0, 0.1) is 12.8 Å². The highest BCUT2D eigenvalue weighted by atomic mass is 32.2. The van der Waals surface area contributed by atoms with Gasteiger partial charge in [-0.1, -0.05) is 17.7 Å². The van der Waals surface area contributed by atoms with Crippen molar-refractivity contribution in [3.8, 4) is 0 Å². The van der Waals surface area contributed by atoms with Crippen LogP contribution in [-0.2, 0) is 19.5 Å². The quantitative estimate of drug-likeness (QED) is 0.789. The zero-order chi connectivity index (χ0) is 17.0. The van der Waals surface area contributed by atoms with E-state index in [2.05, 4.69) is 0 Å². The molecule has 24 heavy (non-hydrogen) atoms. The summed E-state index contributed by atoms with van der Waals surface area (Å²) in [5, 5.41) is 0. The number of aryl methyl sites for hydroxylation is 1. The monoisotopic (exact) mass is 353 g/mol. The van der Waals surface area contributed by atoms with Crippen molar-refractivity contribution in [3.63, 3.8) is 0 Å². The number of sulfonamides is 1. The fourth-order valence-corrected chi connectivity index (χ4v) is 4.92. The molecule has 0 bridgehead atoms. The number of ether oxygens (including phenoxy) is 2. The molecule has 0 N–H and O–H groups in total. The van der Waals surface area contributed by atoms with Gasteiger partial charge in [0.05, 0.1) is 18.1 Å². The molecule has 2 aliphatic rings. The molecule has 1 aromatic rings. The molecule has 2 fully saturated rings. The standard InChI is InChI=1S/C18H27NO4S/c1-15-6-8-17(9-7-15)24(20,21)19-11-10-16(14-19)4-2-5-18-22-12-3-13-23-18/h6-9,16,18H,2-5,10-14H2,1H3/t16-/m1/s1. The zero-order valence-corrected chi connectivity index (χ0v) is 15.1. The molecule has 0 saturated carbocycles. The van der Waals surface area contributed by atoms with Crippen molar-refractivity contribution in [2.75, 3.05) is 26.3 Å². The highest BCUT2D eigenvalue weighted by molar-refractivity contribution is 7.89. The van der Waals surface area contributed by atoms with Crippen LogP contribution in [0.1, 0.15) is 37.7 Å². The predicted molar refractivity (Wildman–Crippen MR) is 92.2 cm³/mol. The van der Waals surface area contributed by atoms with E-state index >= 15 is 0 Å². The summed E-state index contributed by atoms with van der Waals surface area (Å²) in [6, 6.07) is 7.11. The summed E-state index contributed by atoms with van der Waals surface area (Å²) < 4.78 is 38.1. The minimum atomic E-state index is -3.35. The average molecular weight is 353 g/mol. The summed E-state index contributed by atoms with van der Waals surface area (Å²) in [7, 11) is -3.35. The third kappa shape index (κ3) is 4.36. The van der Waals surface area contributed by atoms with Crippen LogP contribution < -0.4 is 0 Å². The minimum absolute atomic E-state index is 0.0625. The van der Waals surface area contributed by atoms with Crippen molar-refractivity contribution in [2.45, 2.75) is 50.2 Å². The Morgan fingerprint density at radius 3 is 2.54 bits per heavy atom. The first-order chi connectivity index (χ1) is 11.6. The summed E-state index contributed by atoms with van der Waals surface area (Å²) >= 11 is 0. The second kappa shape index (κ2) is 7.95. The van der Waals surface area contributed by atoms with E-state index < -0.39 is 10.0 Å². The Morgan fingerprint density at radius 1 is 1.12 bits per heavy atom. The van der Waals surface area contributed by atoms with Crippen LogP contribution in [0.25, 0.3) is 0 Å². The molecule has 3 rings (SSSR count). The molecule has 0 amide bonds. The third-order valence-electron chi connectivity index (χ3n) is 4.86. The van der Waals surface area contributed by atoms with E-state index in [4.69, 9.17) is 9.47 Å². The second-order valence-electron chi connectivity index (χ2n) is 6.79. The summed E-state index contributed by atoms with van der Waals surface area (Å²) in [4.78, 5) is 0.401. The first-order valence-electron chi connectivity index (χ1n) is 8.86. The van der Waals surface area contributed by atoms with Gasteiger partial charge in [-0.2, -0.15) is 4.31 Å². The summed E-state index contributed by atoms with van der Waals surface area (Å²) in [5.74, 6) is 0.439. The number of rotatable bonds is 6. The van der Waals surface area contributed by atoms with Gasteiger partial charge in [-0.05, 0) is 57.1 Å². The Balaban J connectivity index is 1.48. The van der Waals surface area contributed by atoms with Crippen molar-refractivity contribution < 1.29 is 17.9 Å². The molecule has 2 aliphatic heterocycles. The maximum absolute atomic E-state index is 12.7. The first-order valence-corrected chi connectivity index (χ1v) is 10.3. The molecule has 0 spiro atoms. The number of benzene rings is 1. The van der Waals surface area contributed by atoms with Crippen LogP contribution in [0.3, 0.4) is 0 Å². The maximum atomic E-state index is 12.7. The SMILES string of the molecule is Cc1ccc(S(=O)(=O)N2CC[C@@H](CCCC3OCCCO3)C2)cc1. The topological polar surface area (TPSA) is 55.8 Å². The zero-order valence-electron chi connectivity index (χ0n) is 14.3. The van der Waals surface area contributed by atoms with Gasteiger partial charge in [-0.15, -0.1) is 0 Å². The number of hydrogen-bond donors (Lipinski definition) is 0. The van der Waals surface area contributed by atoms with E-state index in [0.717, 1.165) is 50.9 Å². The molecule has 0 radical (unpaired) electrons. The first kappa shape index (κ1) is 17.9. The highest BCUT2D eigenvalue weighted by Crippen LogP contribution is 2.28. The molecule has 6 heteroatoms. The summed E-state index contributed by atoms with van der Waals surface area (Å²) in [6.45, 7) is 4.79. The molecule has 2 heterocycles. The van der Waals surface area contributed by atoms with E-state index in [0.29, 0.717) is 23.9 Å². The van der Waals surface area contributed by atoms with Gasteiger partial charge in [0.2, 0.25) is 10.0 Å². The third-order valence-corrected chi connectivity index (χ3v) is 6.74. The van der Waals surface area contributed by atoms with Crippen LogP contribution in [0.5, 0.6) is 0 Å². The van der Waals surface area contributed by atoms with Gasteiger partial charge in [0.1, 0.15) is 0 Å². The largest absolute Gasteiger partial charge is 0.353 e. The number of hydrogen-bond acceptors (Lipinski definition) is 4. The fourth-order valence-electron chi connectivity index (χ4n) is 3.39. The molecule has 1 aromatic carbocycles. The van der Waals surface area contributed by atoms with Gasteiger partial charge in [-0.25, -0.2) is 8.42 Å². The normalized spacial score (nSPS) is 23.6. The predicted octanol–water partition coefficient (Wildman–Crippen LogP) is 2.94. The van der Waals surface area contributed by atoms with Crippen LogP contribution in [0.4, 0.5) is 0 Å². The van der Waals surface area contributed by atoms with Crippen LogP contribution in [0.15, 0.2) is 29.2 Å². The minimum Gasteiger partial charge on any atom is -0.353 e. The van der Waals surface area contributed by atoms with E-state index in [-0.39, 0.29) is 6.29 Å². The van der Waals surface area contributed by atoms with Crippen molar-refractivity contribution in [3.05, 3.63) is 29.8 Å². The molecule has 2 saturated heterocycles. The van der Waals surface area contributed by atoms with E-state index in [9.17, 15) is 8.42 Å². The maximum Gasteiger partial charge on any atom is 0.243 e. The molecule has 134 valence electrons. The van der Waals surface area contributed by atoms with Crippen molar-refractivity contribution >= 4 is 10.0 Å². The Bertz CT molecular complexity index is 623. The van der Waals surface area contributed by atoms with Crippen LogP contribution in [0.2, 0.25) is 0 Å². The van der Waals surface area contributed by atoms with Gasteiger partial charge in [-0.3, -0.25) is 0 Å². The lowest BCUT2D eigenvalue weighted by Crippen LogP contribution is -2.29. The van der Waals surface area contributed by atoms with Crippen molar-refractivity contribution in [2.24, 2.45) is 5.92 Å². The molecule has 0 aromatic heterocycles. The van der Waals surface area contributed by atoms with Gasteiger partial charge in [0, 0.05) is 13.1 Å². The van der Waals surface area contributed by atoms with E-state index in [1.54, 1.807) is 16.4 Å². The van der Waals surface area contributed by atoms with Gasteiger partial charge in [0.15, 0.2) is 6.29 Å². The lowest BCUT2D eigenvalue weighted by molar-refractivity contribution is -0.181. The number of nitrogens with zero attached hydrogens (tertiary/aromatic N) is 1. The van der Waals surface area contributed by atoms with Crippen molar-refractivity contribution in [1.29, 1.82) is 0 Å². The van der Waals surface area contributed by atoms with Crippen LogP contribution in [-0.4, -0.2) is 45.3 Å². The van der Waals surface area contributed by atoms with Gasteiger partial charge < -0.3 is 9.47 Å². The van der Waals surface area contributed by atoms with Crippen LogP contribution >= 0.6 is 0 Å². The van der Waals surface area contributed by atoms with Gasteiger partial charge >= 0.3 is 0 Å². The lowest BCUT2D eigenvalue weighted by Gasteiger charge is -2.23. The summed E-state index contributed by atoms with van der Waals surface area (Å²) in [6.07, 6.45) is 4.81. The fraction of sp³-hybridized carbons (Fsp3) is 0.667. The molecule has 5 nitrogen and oxygen atoms in total. The Morgan fingerprint density at radius 2 is 1.83 bits per heavy atom. The Labute approximate surface area is 145 Å². The molecule has 0 aliphatic carbocycles. The highest BCUT2D eigenvalue weighted by Gasteiger charge is 2.32. The smallest absolute Gasteiger partial charge is 0.243 e. The second-order valence-corrected chi connectivity index (χ2v) is 8.72. The molecular weight excluding hydrogens is 326 g/mol. The molecular formula is C18H27NO4S. The Kier molecular flexibility index (Phi) is 5.92. The van der Waals surface area contributed by atoms with Crippen molar-refractivity contribution in [1.82, 2.24) is 4.31 Å². The van der Waals surface area contributed by atoms with E-state index in [1.807, 2.05) is 19.1 Å². The Hall–Kier alpha value is -0.950. The average Bonchev–Trinajstić information content (AvgIpc) is 3.06. The molecule has 1 atom stereocenters. The molecule has 0 unspecified atom stereocenters. The van der Waals surface area contributed by atoms with Gasteiger partial charge in [0.25, 0.3) is 0 Å². The van der Waals surface area contributed by atoms with E-state index in [1.165, 1.54) is 0 Å². The summed E-state index contributed by atoms with van der Waals surface area (Å²) in [5.41, 5.74) is 1.07. The lowest BCUT2D eigenvalue weighted by atomic mass is 10.0.